The molecule has 0 saturated carbocycles. The number of anilines is 1. The highest BCUT2D eigenvalue weighted by Gasteiger charge is 2.31. The summed E-state index contributed by atoms with van der Waals surface area (Å²) in [4.78, 5) is 32.6. The minimum absolute atomic E-state index is 0.120. The molecule has 0 bridgehead atoms. The number of hydrogen-bond acceptors (Lipinski definition) is 6. The Morgan fingerprint density at radius 2 is 1.84 bits per heavy atom. The number of aromatic nitrogens is 2. The largest absolute Gasteiger partial charge is 0.493 e. The van der Waals surface area contributed by atoms with Gasteiger partial charge in [-0.25, -0.2) is 9.37 Å². The quantitative estimate of drug-likeness (QED) is 0.448. The van der Waals surface area contributed by atoms with Crippen molar-refractivity contribution in [1.82, 2.24) is 9.97 Å². The molecule has 31 heavy (non-hydrogen) atoms. The lowest BCUT2D eigenvalue weighted by molar-refractivity contribution is -0.116. The van der Waals surface area contributed by atoms with Crippen LogP contribution in [0.3, 0.4) is 0 Å². The van der Waals surface area contributed by atoms with Gasteiger partial charge in [-0.1, -0.05) is 30.0 Å². The van der Waals surface area contributed by atoms with Crippen molar-refractivity contribution < 1.29 is 18.7 Å². The van der Waals surface area contributed by atoms with E-state index < -0.39 is 5.92 Å². The Labute approximate surface area is 182 Å². The molecule has 0 fully saturated rings. The van der Waals surface area contributed by atoms with Crippen molar-refractivity contribution in [2.45, 2.75) is 23.2 Å². The van der Waals surface area contributed by atoms with Crippen LogP contribution in [0, 0.1) is 5.82 Å². The number of aromatic amines is 1. The molecule has 1 amide bonds. The predicted molar refractivity (Wildman–Crippen MR) is 115 cm³/mol. The number of nitrogens with one attached hydrogen (secondary N) is 2. The summed E-state index contributed by atoms with van der Waals surface area (Å²) in [6, 6.07) is 11.4. The maximum Gasteiger partial charge on any atom is 0.257 e. The van der Waals surface area contributed by atoms with Gasteiger partial charge in [0.25, 0.3) is 5.56 Å². The number of fused-ring (bicyclic) bond motifs is 1. The standard InChI is InChI=1S/C22H20FN3O4S/c1-29-16-8-5-13(9-17(16)30-2)15-10-18(27)24-20-19(15)21(28)26-22(25-20)31-11-12-3-6-14(23)7-4-12/h3-9,15H,10-11H2,1-2H3,(H2,24,25,26,27,28). The minimum atomic E-state index is -0.462. The smallest absolute Gasteiger partial charge is 0.257 e. The lowest BCUT2D eigenvalue weighted by Gasteiger charge is -2.25. The van der Waals surface area contributed by atoms with Crippen molar-refractivity contribution in [3.05, 3.63) is 75.3 Å². The zero-order chi connectivity index (χ0) is 22.0. The van der Waals surface area contributed by atoms with Gasteiger partial charge in [-0.15, -0.1) is 0 Å². The summed E-state index contributed by atoms with van der Waals surface area (Å²) in [6.07, 6.45) is 0.120. The van der Waals surface area contributed by atoms with Gasteiger partial charge in [0.1, 0.15) is 11.6 Å². The lowest BCUT2D eigenvalue weighted by atomic mass is 9.86. The fourth-order valence-corrected chi connectivity index (χ4v) is 4.32. The molecule has 2 heterocycles. The monoisotopic (exact) mass is 441 g/mol. The van der Waals surface area contributed by atoms with Crippen LogP contribution in [0.1, 0.15) is 29.0 Å². The van der Waals surface area contributed by atoms with Crippen LogP contribution >= 0.6 is 11.8 Å². The number of ether oxygens (including phenoxy) is 2. The van der Waals surface area contributed by atoms with Gasteiger partial charge in [-0.05, 0) is 35.4 Å². The zero-order valence-electron chi connectivity index (χ0n) is 16.9. The molecule has 1 aliphatic rings. The van der Waals surface area contributed by atoms with Gasteiger partial charge in [0.15, 0.2) is 16.7 Å². The average Bonchev–Trinajstić information content (AvgIpc) is 2.77. The van der Waals surface area contributed by atoms with Gasteiger partial charge in [0.2, 0.25) is 5.91 Å². The third-order valence-electron chi connectivity index (χ3n) is 5.03. The maximum absolute atomic E-state index is 13.1. The fraction of sp³-hybridized carbons (Fsp3) is 0.227. The SMILES string of the molecule is COc1ccc(C2CC(=O)Nc3nc(SCc4ccc(F)cc4)[nH]c(=O)c32)cc1OC. The van der Waals surface area contributed by atoms with Crippen LogP contribution in [0.5, 0.6) is 11.5 Å². The van der Waals surface area contributed by atoms with Crippen molar-refractivity contribution in [2.75, 3.05) is 19.5 Å². The summed E-state index contributed by atoms with van der Waals surface area (Å²) < 4.78 is 23.7. The molecule has 2 N–H and O–H groups in total. The number of methoxy groups -OCH3 is 2. The Hall–Kier alpha value is -3.33. The van der Waals surface area contributed by atoms with Crippen LogP contribution in [0.15, 0.2) is 52.4 Å². The van der Waals surface area contributed by atoms with Crippen molar-refractivity contribution >= 4 is 23.5 Å². The molecule has 0 radical (unpaired) electrons. The summed E-state index contributed by atoms with van der Waals surface area (Å²) in [5.41, 5.74) is 1.73. The van der Waals surface area contributed by atoms with Crippen molar-refractivity contribution in [3.8, 4) is 11.5 Å². The minimum Gasteiger partial charge on any atom is -0.493 e. The van der Waals surface area contributed by atoms with Crippen LogP contribution in [-0.4, -0.2) is 30.1 Å². The summed E-state index contributed by atoms with van der Waals surface area (Å²) in [7, 11) is 3.07. The first kappa shape index (κ1) is 20.9. The topological polar surface area (TPSA) is 93.3 Å². The summed E-state index contributed by atoms with van der Waals surface area (Å²) in [5, 5.41) is 3.08. The molecule has 2 aromatic carbocycles. The van der Waals surface area contributed by atoms with Crippen molar-refractivity contribution in [2.24, 2.45) is 0 Å². The first-order chi connectivity index (χ1) is 15.0. The number of amides is 1. The van der Waals surface area contributed by atoms with Gasteiger partial charge < -0.3 is 19.8 Å². The van der Waals surface area contributed by atoms with Crippen LogP contribution in [0.2, 0.25) is 0 Å². The Balaban J connectivity index is 1.65. The van der Waals surface area contributed by atoms with Gasteiger partial charge >= 0.3 is 0 Å². The van der Waals surface area contributed by atoms with Gasteiger partial charge in [-0.2, -0.15) is 0 Å². The highest BCUT2D eigenvalue weighted by molar-refractivity contribution is 7.98. The second-order valence-corrected chi connectivity index (χ2v) is 7.93. The van der Waals surface area contributed by atoms with Gasteiger partial charge in [0.05, 0.1) is 19.8 Å². The normalized spacial score (nSPS) is 15.2. The molecule has 0 saturated heterocycles. The Morgan fingerprint density at radius 1 is 1.10 bits per heavy atom. The number of carbonyl (C=O) groups excluding carboxylic acids is 1. The molecule has 1 atom stereocenters. The van der Waals surface area contributed by atoms with E-state index >= 15 is 0 Å². The van der Waals surface area contributed by atoms with Crippen LogP contribution in [0.4, 0.5) is 10.2 Å². The number of rotatable bonds is 6. The van der Waals surface area contributed by atoms with E-state index in [9.17, 15) is 14.0 Å². The zero-order valence-corrected chi connectivity index (χ0v) is 17.7. The number of halogens is 1. The van der Waals surface area contributed by atoms with Crippen LogP contribution < -0.4 is 20.3 Å². The van der Waals surface area contributed by atoms with E-state index in [1.165, 1.54) is 31.0 Å². The van der Waals surface area contributed by atoms with E-state index in [-0.39, 0.29) is 29.5 Å². The Bertz CT molecular complexity index is 1180. The molecular formula is C22H20FN3O4S. The van der Waals surface area contributed by atoms with E-state index in [1.54, 1.807) is 31.4 Å². The fourth-order valence-electron chi connectivity index (χ4n) is 3.51. The predicted octanol–water partition coefficient (Wildman–Crippen LogP) is 3.69. The number of benzene rings is 2. The first-order valence-corrected chi connectivity index (χ1v) is 10.5. The molecule has 1 aliphatic heterocycles. The third-order valence-corrected chi connectivity index (χ3v) is 5.97. The van der Waals surface area contributed by atoms with E-state index in [4.69, 9.17) is 9.47 Å². The molecule has 0 spiro atoms. The first-order valence-electron chi connectivity index (χ1n) is 9.51. The van der Waals surface area contributed by atoms with E-state index in [0.29, 0.717) is 28.0 Å². The molecule has 160 valence electrons. The number of H-pyrrole nitrogens is 1. The lowest BCUT2D eigenvalue weighted by Crippen LogP contribution is -2.31. The Kier molecular flexibility index (Phi) is 5.94. The molecule has 1 unspecified atom stereocenters. The summed E-state index contributed by atoms with van der Waals surface area (Å²) >= 11 is 1.30. The molecular weight excluding hydrogens is 421 g/mol. The summed E-state index contributed by atoms with van der Waals surface area (Å²) in [5.74, 6) is 0.833. The van der Waals surface area contributed by atoms with E-state index in [1.807, 2.05) is 6.07 Å². The average molecular weight is 441 g/mol. The van der Waals surface area contributed by atoms with Crippen LogP contribution in [-0.2, 0) is 10.5 Å². The molecule has 0 aliphatic carbocycles. The van der Waals surface area contributed by atoms with Gasteiger partial charge in [-0.3, -0.25) is 9.59 Å². The Morgan fingerprint density at radius 3 is 2.55 bits per heavy atom. The highest BCUT2D eigenvalue weighted by atomic mass is 32.2. The second-order valence-electron chi connectivity index (χ2n) is 6.97. The maximum atomic E-state index is 13.1. The van der Waals surface area contributed by atoms with Crippen molar-refractivity contribution in [1.29, 1.82) is 0 Å². The molecule has 9 heteroatoms. The molecule has 1 aromatic heterocycles. The second kappa shape index (κ2) is 8.81. The van der Waals surface area contributed by atoms with Crippen molar-refractivity contribution in [3.63, 3.8) is 0 Å². The number of carbonyl (C=O) groups is 1. The summed E-state index contributed by atoms with van der Waals surface area (Å²) in [6.45, 7) is 0. The number of hydrogen-bond donors (Lipinski definition) is 2. The number of nitrogens with zero attached hydrogens (tertiary/aromatic N) is 1. The third kappa shape index (κ3) is 4.41. The number of thioether (sulfide) groups is 1. The van der Waals surface area contributed by atoms with E-state index in [0.717, 1.165) is 11.1 Å². The molecule has 4 rings (SSSR count). The highest BCUT2D eigenvalue weighted by Crippen LogP contribution is 2.38. The van der Waals surface area contributed by atoms with E-state index in [2.05, 4.69) is 15.3 Å². The molecule has 7 nitrogen and oxygen atoms in total. The van der Waals surface area contributed by atoms with Crippen LogP contribution in [0.25, 0.3) is 0 Å². The molecule has 3 aromatic rings. The van der Waals surface area contributed by atoms with Gasteiger partial charge in [0, 0.05) is 18.1 Å².